The first kappa shape index (κ1) is 17.9. The molecule has 1 aromatic carbocycles. The molecular weight excluding hydrogens is 364 g/mol. The quantitative estimate of drug-likeness (QED) is 0.704. The van der Waals surface area contributed by atoms with Crippen LogP contribution in [-0.2, 0) is 17.9 Å². The van der Waals surface area contributed by atoms with Gasteiger partial charge in [-0.1, -0.05) is 28.9 Å². The van der Waals surface area contributed by atoms with Crippen molar-refractivity contribution in [2.75, 3.05) is 13.1 Å². The van der Waals surface area contributed by atoms with Crippen LogP contribution in [0.3, 0.4) is 0 Å². The Morgan fingerprint density at radius 2 is 2.15 bits per heavy atom. The summed E-state index contributed by atoms with van der Waals surface area (Å²) in [5.41, 5.74) is 2.49. The number of hydrogen-bond acceptors (Lipinski definition) is 5. The second-order valence-electron chi connectivity index (χ2n) is 6.75. The first-order valence-corrected chi connectivity index (χ1v) is 9.48. The lowest BCUT2D eigenvalue weighted by Gasteiger charge is -2.21. The van der Waals surface area contributed by atoms with E-state index in [1.165, 1.54) is 0 Å². The molecule has 140 valence electrons. The van der Waals surface area contributed by atoms with Crippen molar-refractivity contribution in [3.05, 3.63) is 52.9 Å². The van der Waals surface area contributed by atoms with Crippen LogP contribution in [0.2, 0.25) is 5.02 Å². The van der Waals surface area contributed by atoms with E-state index in [1.807, 2.05) is 30.5 Å². The number of benzene rings is 1. The highest BCUT2D eigenvalue weighted by atomic mass is 35.5. The predicted molar refractivity (Wildman–Crippen MR) is 103 cm³/mol. The maximum Gasteiger partial charge on any atom is 0.223 e. The summed E-state index contributed by atoms with van der Waals surface area (Å²) >= 11 is 6.39. The van der Waals surface area contributed by atoms with Crippen molar-refractivity contribution < 1.29 is 4.79 Å². The third-order valence-corrected chi connectivity index (χ3v) is 5.24. The van der Waals surface area contributed by atoms with Gasteiger partial charge in [0.25, 0.3) is 0 Å². The molecule has 0 aliphatic carbocycles. The Kier molecular flexibility index (Phi) is 5.31. The summed E-state index contributed by atoms with van der Waals surface area (Å²) in [7, 11) is 0. The van der Waals surface area contributed by atoms with E-state index in [1.54, 1.807) is 10.9 Å². The van der Waals surface area contributed by atoms with Crippen LogP contribution in [0, 0.1) is 5.92 Å². The van der Waals surface area contributed by atoms with E-state index >= 15 is 0 Å². The van der Waals surface area contributed by atoms with Crippen molar-refractivity contribution in [2.45, 2.75) is 25.9 Å². The molecule has 0 saturated carbocycles. The Balaban J connectivity index is 1.43. The molecule has 0 spiro atoms. The maximum atomic E-state index is 12.2. The summed E-state index contributed by atoms with van der Waals surface area (Å²) in [6, 6.07) is 7.74. The lowest BCUT2D eigenvalue weighted by Crippen LogP contribution is -2.37. The van der Waals surface area contributed by atoms with Gasteiger partial charge in [-0.25, -0.2) is 4.68 Å². The van der Waals surface area contributed by atoms with E-state index in [0.29, 0.717) is 18.1 Å². The van der Waals surface area contributed by atoms with Gasteiger partial charge in [-0.15, -0.1) is 5.10 Å². The van der Waals surface area contributed by atoms with Crippen LogP contribution in [0.15, 0.2) is 36.7 Å². The van der Waals surface area contributed by atoms with E-state index in [0.717, 1.165) is 48.1 Å². The molecule has 0 radical (unpaired) electrons. The van der Waals surface area contributed by atoms with Crippen molar-refractivity contribution in [1.29, 1.82) is 0 Å². The van der Waals surface area contributed by atoms with Crippen LogP contribution in [0.5, 0.6) is 0 Å². The molecule has 3 heterocycles. The van der Waals surface area contributed by atoms with E-state index < -0.39 is 0 Å². The summed E-state index contributed by atoms with van der Waals surface area (Å²) in [4.78, 5) is 16.7. The van der Waals surface area contributed by atoms with Crippen LogP contribution in [0.1, 0.15) is 24.1 Å². The van der Waals surface area contributed by atoms with Gasteiger partial charge in [0.15, 0.2) is 0 Å². The van der Waals surface area contributed by atoms with Gasteiger partial charge in [-0.05, 0) is 38.1 Å². The minimum atomic E-state index is 0.0851. The number of carbonyl (C=O) groups excluding carboxylic acids is 1. The number of carbonyl (C=O) groups is 1. The molecule has 4 rings (SSSR count). The fourth-order valence-electron chi connectivity index (χ4n) is 3.40. The van der Waals surface area contributed by atoms with Gasteiger partial charge in [0.05, 0.1) is 24.8 Å². The van der Waals surface area contributed by atoms with Gasteiger partial charge in [-0.3, -0.25) is 9.78 Å². The minimum absolute atomic E-state index is 0.0851. The summed E-state index contributed by atoms with van der Waals surface area (Å²) in [6.07, 6.45) is 5.35. The fraction of sp³-hybridized carbons (Fsp3) is 0.368. The number of pyridine rings is 1. The highest BCUT2D eigenvalue weighted by Crippen LogP contribution is 2.25. The third-order valence-electron chi connectivity index (χ3n) is 4.88. The van der Waals surface area contributed by atoms with Gasteiger partial charge in [0.2, 0.25) is 5.91 Å². The lowest BCUT2D eigenvalue weighted by molar-refractivity contribution is -0.125. The predicted octanol–water partition coefficient (Wildman–Crippen LogP) is 2.14. The average molecular weight is 385 g/mol. The molecule has 27 heavy (non-hydrogen) atoms. The Morgan fingerprint density at radius 3 is 3.00 bits per heavy atom. The molecule has 0 atom stereocenters. The summed E-state index contributed by atoms with van der Waals surface area (Å²) in [5.74, 6) is 0.175. The molecule has 0 bridgehead atoms. The standard InChI is InChI=1S/C19H21ClN6O/c20-17-4-3-13-2-1-7-22-18(13)16(17)12-26-11-15(24-25-26)10-23-19(27)14-5-8-21-9-6-14/h1-4,7,11,14,21H,5-6,8-10,12H2,(H,23,27). The Hall–Kier alpha value is -2.51. The van der Waals surface area contributed by atoms with Gasteiger partial charge in [0.1, 0.15) is 5.69 Å². The SMILES string of the molecule is O=C(NCc1cn(Cc2c(Cl)ccc3cccnc23)nn1)C1CCNCC1. The number of amides is 1. The number of nitrogens with zero attached hydrogens (tertiary/aromatic N) is 4. The Bertz CT molecular complexity index is 950. The van der Waals surface area contributed by atoms with Crippen LogP contribution < -0.4 is 10.6 Å². The van der Waals surface area contributed by atoms with Crippen LogP contribution in [0.4, 0.5) is 0 Å². The number of halogens is 1. The molecular formula is C19H21ClN6O. The number of aromatic nitrogens is 4. The highest BCUT2D eigenvalue weighted by molar-refractivity contribution is 6.32. The molecule has 8 heteroatoms. The number of piperidine rings is 1. The number of hydrogen-bond donors (Lipinski definition) is 2. The van der Waals surface area contributed by atoms with E-state index in [2.05, 4.69) is 25.9 Å². The molecule has 1 amide bonds. The van der Waals surface area contributed by atoms with Crippen molar-refractivity contribution in [3.63, 3.8) is 0 Å². The third kappa shape index (κ3) is 4.09. The highest BCUT2D eigenvalue weighted by Gasteiger charge is 2.20. The van der Waals surface area contributed by atoms with Gasteiger partial charge < -0.3 is 10.6 Å². The zero-order chi connectivity index (χ0) is 18.6. The molecule has 1 saturated heterocycles. The molecule has 2 N–H and O–H groups in total. The molecule has 0 unspecified atom stereocenters. The van der Waals surface area contributed by atoms with E-state index in [9.17, 15) is 4.79 Å². The molecule has 2 aromatic heterocycles. The minimum Gasteiger partial charge on any atom is -0.350 e. The zero-order valence-electron chi connectivity index (χ0n) is 14.9. The summed E-state index contributed by atoms with van der Waals surface area (Å²) in [5, 5.41) is 16.2. The van der Waals surface area contributed by atoms with Crippen LogP contribution in [-0.4, -0.2) is 39.0 Å². The second-order valence-corrected chi connectivity index (χ2v) is 7.16. The average Bonchev–Trinajstić information content (AvgIpc) is 3.16. The van der Waals surface area contributed by atoms with Gasteiger partial charge in [0, 0.05) is 28.1 Å². The first-order valence-electron chi connectivity index (χ1n) is 9.10. The van der Waals surface area contributed by atoms with Crippen LogP contribution >= 0.6 is 11.6 Å². The fourth-order valence-corrected chi connectivity index (χ4v) is 3.61. The summed E-state index contributed by atoms with van der Waals surface area (Å²) in [6.45, 7) is 2.65. The van der Waals surface area contributed by atoms with Crippen molar-refractivity contribution in [2.24, 2.45) is 5.92 Å². The lowest BCUT2D eigenvalue weighted by atomic mass is 9.97. The van der Waals surface area contributed by atoms with Crippen LogP contribution in [0.25, 0.3) is 10.9 Å². The number of nitrogens with one attached hydrogen (secondary N) is 2. The number of fused-ring (bicyclic) bond motifs is 1. The second kappa shape index (κ2) is 8.02. The van der Waals surface area contributed by atoms with Gasteiger partial charge >= 0.3 is 0 Å². The van der Waals surface area contributed by atoms with Crippen molar-refractivity contribution in [3.8, 4) is 0 Å². The van der Waals surface area contributed by atoms with E-state index in [4.69, 9.17) is 11.6 Å². The van der Waals surface area contributed by atoms with Crippen molar-refractivity contribution in [1.82, 2.24) is 30.6 Å². The monoisotopic (exact) mass is 384 g/mol. The molecule has 1 aliphatic rings. The van der Waals surface area contributed by atoms with Crippen molar-refractivity contribution >= 4 is 28.4 Å². The molecule has 7 nitrogen and oxygen atoms in total. The van der Waals surface area contributed by atoms with Gasteiger partial charge in [-0.2, -0.15) is 0 Å². The smallest absolute Gasteiger partial charge is 0.223 e. The zero-order valence-corrected chi connectivity index (χ0v) is 15.6. The first-order chi connectivity index (χ1) is 13.2. The normalized spacial score (nSPS) is 15.1. The molecule has 1 fully saturated rings. The topological polar surface area (TPSA) is 84.7 Å². The van der Waals surface area contributed by atoms with E-state index in [-0.39, 0.29) is 11.8 Å². The number of rotatable bonds is 5. The largest absolute Gasteiger partial charge is 0.350 e. The molecule has 1 aliphatic heterocycles. The summed E-state index contributed by atoms with van der Waals surface area (Å²) < 4.78 is 1.72. The Morgan fingerprint density at radius 1 is 1.30 bits per heavy atom. The molecule has 3 aromatic rings. The maximum absolute atomic E-state index is 12.2. The Labute approximate surface area is 162 Å².